The van der Waals surface area contributed by atoms with Gasteiger partial charge < -0.3 is 10.6 Å². The summed E-state index contributed by atoms with van der Waals surface area (Å²) in [6, 6.07) is 3.78. The van der Waals surface area contributed by atoms with Crippen molar-refractivity contribution in [3.8, 4) is 0 Å². The summed E-state index contributed by atoms with van der Waals surface area (Å²) >= 11 is 1.80. The summed E-state index contributed by atoms with van der Waals surface area (Å²) in [6.07, 6.45) is 4.67. The summed E-state index contributed by atoms with van der Waals surface area (Å²) < 4.78 is 0. The van der Waals surface area contributed by atoms with E-state index in [0.717, 1.165) is 30.2 Å². The van der Waals surface area contributed by atoms with Gasteiger partial charge in [-0.2, -0.15) is 0 Å². The summed E-state index contributed by atoms with van der Waals surface area (Å²) in [7, 11) is 0. The lowest BCUT2D eigenvalue weighted by Gasteiger charge is -2.17. The van der Waals surface area contributed by atoms with Crippen molar-refractivity contribution in [1.29, 1.82) is 0 Å². The molecule has 4 nitrogen and oxygen atoms in total. The lowest BCUT2D eigenvalue weighted by Crippen LogP contribution is -2.35. The molecule has 0 spiro atoms. The summed E-state index contributed by atoms with van der Waals surface area (Å²) in [6.45, 7) is 0.867. The molecule has 0 radical (unpaired) electrons. The Morgan fingerprint density at radius 2 is 2.29 bits per heavy atom. The van der Waals surface area contributed by atoms with Crippen LogP contribution in [0.3, 0.4) is 0 Å². The van der Waals surface area contributed by atoms with E-state index in [1.54, 1.807) is 24.2 Å². The maximum Gasteiger partial charge on any atom is 0.224 e. The maximum absolute atomic E-state index is 11.9. The highest BCUT2D eigenvalue weighted by Crippen LogP contribution is 2.15. The Morgan fingerprint density at radius 3 is 2.94 bits per heavy atom. The van der Waals surface area contributed by atoms with Gasteiger partial charge in [0, 0.05) is 37.2 Å². The largest absolute Gasteiger partial charge is 0.333 e. The minimum absolute atomic E-state index is 0.101. The average molecular weight is 251 g/mol. The monoisotopic (exact) mass is 251 g/mol. The summed E-state index contributed by atoms with van der Waals surface area (Å²) in [5.41, 5.74) is 7.13. The predicted octanol–water partition coefficient (Wildman–Crippen LogP) is 0.874. The van der Waals surface area contributed by atoms with Gasteiger partial charge in [0.15, 0.2) is 0 Å². The van der Waals surface area contributed by atoms with Crippen molar-refractivity contribution < 1.29 is 4.79 Å². The first kappa shape index (κ1) is 12.4. The molecule has 2 heterocycles. The second-order valence-electron chi connectivity index (χ2n) is 4.22. The molecule has 1 amide bonds. The van der Waals surface area contributed by atoms with E-state index in [-0.39, 0.29) is 11.9 Å². The molecule has 2 N–H and O–H groups in total. The molecule has 92 valence electrons. The molecule has 0 bridgehead atoms. The standard InChI is InChI=1S/C12H17N3OS/c13-11(7-10-1-3-14-4-2-10)8-12(16)15-5-6-17-9-15/h1-4,11H,5-9,13H2/t11-/m1/s1. The second kappa shape index (κ2) is 6.02. The van der Waals surface area contributed by atoms with Crippen LogP contribution in [0.4, 0.5) is 0 Å². The number of carbonyl (C=O) groups excluding carboxylic acids is 1. The van der Waals surface area contributed by atoms with Crippen LogP contribution in [0.5, 0.6) is 0 Å². The van der Waals surface area contributed by atoms with Gasteiger partial charge in [-0.05, 0) is 24.1 Å². The number of nitrogens with zero attached hydrogens (tertiary/aromatic N) is 2. The van der Waals surface area contributed by atoms with Crippen LogP contribution in [0.2, 0.25) is 0 Å². The predicted molar refractivity (Wildman–Crippen MR) is 69.6 cm³/mol. The number of amides is 1. The molecule has 17 heavy (non-hydrogen) atoms. The molecule has 0 aliphatic carbocycles. The van der Waals surface area contributed by atoms with Crippen molar-refractivity contribution in [1.82, 2.24) is 9.88 Å². The minimum Gasteiger partial charge on any atom is -0.333 e. The van der Waals surface area contributed by atoms with Crippen molar-refractivity contribution in [3.63, 3.8) is 0 Å². The van der Waals surface area contributed by atoms with Gasteiger partial charge in [-0.25, -0.2) is 0 Å². The lowest BCUT2D eigenvalue weighted by atomic mass is 10.0. The van der Waals surface area contributed by atoms with Crippen LogP contribution in [0.1, 0.15) is 12.0 Å². The number of hydrogen-bond donors (Lipinski definition) is 1. The minimum atomic E-state index is -0.101. The molecule has 1 aliphatic rings. The van der Waals surface area contributed by atoms with Crippen molar-refractivity contribution in [2.45, 2.75) is 18.9 Å². The van der Waals surface area contributed by atoms with Gasteiger partial charge >= 0.3 is 0 Å². The van der Waals surface area contributed by atoms with Gasteiger partial charge in [0.05, 0.1) is 5.88 Å². The van der Waals surface area contributed by atoms with E-state index in [1.165, 1.54) is 0 Å². The molecule has 1 saturated heterocycles. The van der Waals surface area contributed by atoms with E-state index < -0.39 is 0 Å². The molecule has 1 fully saturated rings. The zero-order chi connectivity index (χ0) is 12.1. The van der Waals surface area contributed by atoms with Crippen LogP contribution < -0.4 is 5.73 Å². The van der Waals surface area contributed by atoms with Crippen LogP contribution in [0.25, 0.3) is 0 Å². The van der Waals surface area contributed by atoms with Gasteiger partial charge in [0.2, 0.25) is 5.91 Å². The third-order valence-corrected chi connectivity index (χ3v) is 3.75. The van der Waals surface area contributed by atoms with Crippen LogP contribution in [-0.4, -0.2) is 40.0 Å². The molecule has 5 heteroatoms. The van der Waals surface area contributed by atoms with Crippen LogP contribution in [0.15, 0.2) is 24.5 Å². The molecular weight excluding hydrogens is 234 g/mol. The van der Waals surface area contributed by atoms with Gasteiger partial charge in [0.25, 0.3) is 0 Å². The Bertz CT molecular complexity index is 365. The molecule has 0 saturated carbocycles. The molecular formula is C12H17N3OS. The number of hydrogen-bond acceptors (Lipinski definition) is 4. The van der Waals surface area contributed by atoms with E-state index in [1.807, 2.05) is 17.0 Å². The maximum atomic E-state index is 11.9. The zero-order valence-corrected chi connectivity index (χ0v) is 10.5. The van der Waals surface area contributed by atoms with E-state index in [4.69, 9.17) is 5.73 Å². The first-order chi connectivity index (χ1) is 8.25. The van der Waals surface area contributed by atoms with Crippen molar-refractivity contribution in [2.75, 3.05) is 18.2 Å². The fourth-order valence-electron chi connectivity index (χ4n) is 1.86. The first-order valence-corrected chi connectivity index (χ1v) is 6.91. The first-order valence-electron chi connectivity index (χ1n) is 5.75. The van der Waals surface area contributed by atoms with Crippen LogP contribution in [0, 0.1) is 0 Å². The van der Waals surface area contributed by atoms with Gasteiger partial charge in [0.1, 0.15) is 0 Å². The summed E-state index contributed by atoms with van der Waals surface area (Å²) in [5.74, 6) is 2.04. The smallest absolute Gasteiger partial charge is 0.224 e. The van der Waals surface area contributed by atoms with Gasteiger partial charge in [-0.3, -0.25) is 9.78 Å². The fourth-order valence-corrected chi connectivity index (χ4v) is 2.83. The van der Waals surface area contributed by atoms with Crippen LogP contribution in [-0.2, 0) is 11.2 Å². The quantitative estimate of drug-likeness (QED) is 0.863. The normalized spacial score (nSPS) is 17.1. The summed E-state index contributed by atoms with van der Waals surface area (Å²) in [5, 5.41) is 0. The molecule has 1 aromatic rings. The Labute approximate surface area is 106 Å². The highest BCUT2D eigenvalue weighted by atomic mass is 32.2. The average Bonchev–Trinajstić information content (AvgIpc) is 2.83. The Morgan fingerprint density at radius 1 is 1.53 bits per heavy atom. The SMILES string of the molecule is N[C@@H](CC(=O)N1CCSC1)Cc1ccncc1. The highest BCUT2D eigenvalue weighted by molar-refractivity contribution is 7.99. The fraction of sp³-hybridized carbons (Fsp3) is 0.500. The zero-order valence-electron chi connectivity index (χ0n) is 9.71. The van der Waals surface area contributed by atoms with E-state index in [9.17, 15) is 4.79 Å². The number of thioether (sulfide) groups is 1. The number of nitrogens with two attached hydrogens (primary N) is 1. The second-order valence-corrected chi connectivity index (χ2v) is 5.29. The molecule has 1 atom stereocenters. The van der Waals surface area contributed by atoms with Crippen molar-refractivity contribution in [3.05, 3.63) is 30.1 Å². The van der Waals surface area contributed by atoms with Crippen LogP contribution >= 0.6 is 11.8 Å². The van der Waals surface area contributed by atoms with Gasteiger partial charge in [-0.1, -0.05) is 0 Å². The third kappa shape index (κ3) is 3.71. The molecule has 1 aliphatic heterocycles. The van der Waals surface area contributed by atoms with Gasteiger partial charge in [-0.15, -0.1) is 11.8 Å². The van der Waals surface area contributed by atoms with Crippen molar-refractivity contribution >= 4 is 17.7 Å². The lowest BCUT2D eigenvalue weighted by molar-refractivity contribution is -0.130. The molecule has 1 aromatic heterocycles. The Kier molecular flexibility index (Phi) is 4.39. The number of aromatic nitrogens is 1. The number of pyridine rings is 1. The number of rotatable bonds is 4. The topological polar surface area (TPSA) is 59.2 Å². The highest BCUT2D eigenvalue weighted by Gasteiger charge is 2.20. The van der Waals surface area contributed by atoms with E-state index in [2.05, 4.69) is 4.98 Å². The van der Waals surface area contributed by atoms with Crippen molar-refractivity contribution in [2.24, 2.45) is 5.73 Å². The number of carbonyl (C=O) groups is 1. The molecule has 2 rings (SSSR count). The molecule has 0 aromatic carbocycles. The summed E-state index contributed by atoms with van der Waals surface area (Å²) in [4.78, 5) is 17.7. The van der Waals surface area contributed by atoms with E-state index >= 15 is 0 Å². The van der Waals surface area contributed by atoms with E-state index in [0.29, 0.717) is 6.42 Å². The Balaban J connectivity index is 1.80. The Hall–Kier alpha value is -1.07. The molecule has 0 unspecified atom stereocenters. The third-order valence-electron chi connectivity index (χ3n) is 2.79.